The molecule has 2 heterocycles. The van der Waals surface area contributed by atoms with Gasteiger partial charge >= 0.3 is 6.03 Å². The number of hydrogen-bond acceptors (Lipinski definition) is 5. The van der Waals surface area contributed by atoms with Gasteiger partial charge in [-0.3, -0.25) is 10.2 Å². The summed E-state index contributed by atoms with van der Waals surface area (Å²) in [5.74, 6) is 0.819. The fourth-order valence-corrected chi connectivity index (χ4v) is 2.16. The fraction of sp³-hybridized carbons (Fsp3) is 0.333. The van der Waals surface area contributed by atoms with Crippen LogP contribution in [0.1, 0.15) is 11.8 Å². The molecule has 6 nitrogen and oxygen atoms in total. The normalized spacial score (nSPS) is 12.4. The number of hydrogen-bond donors (Lipinski definition) is 2. The summed E-state index contributed by atoms with van der Waals surface area (Å²) < 4.78 is 5.37. The summed E-state index contributed by atoms with van der Waals surface area (Å²) in [5.41, 5.74) is 0. The average molecular weight is 280 g/mol. The van der Waals surface area contributed by atoms with Crippen molar-refractivity contribution in [2.45, 2.75) is 6.04 Å². The first kappa shape index (κ1) is 13.6. The van der Waals surface area contributed by atoms with E-state index in [0.717, 1.165) is 5.76 Å². The lowest BCUT2D eigenvalue weighted by molar-refractivity contribution is 0.233. The summed E-state index contributed by atoms with van der Waals surface area (Å²) in [4.78, 5) is 17.7. The first-order valence-corrected chi connectivity index (χ1v) is 6.69. The Morgan fingerprint density at radius 3 is 3.00 bits per heavy atom. The predicted molar refractivity (Wildman–Crippen MR) is 74.3 cm³/mol. The smallest absolute Gasteiger partial charge is 0.321 e. The highest BCUT2D eigenvalue weighted by Crippen LogP contribution is 2.17. The van der Waals surface area contributed by atoms with Gasteiger partial charge in [0.1, 0.15) is 5.76 Å². The third kappa shape index (κ3) is 3.80. The van der Waals surface area contributed by atoms with Gasteiger partial charge in [0.25, 0.3) is 0 Å². The number of nitrogens with zero attached hydrogens (tertiary/aromatic N) is 2. The SMILES string of the molecule is CN(C)C(CNC(=O)Nc1nccs1)c1ccco1. The quantitative estimate of drug-likeness (QED) is 0.880. The van der Waals surface area contributed by atoms with Crippen LogP contribution in [0.3, 0.4) is 0 Å². The fourth-order valence-electron chi connectivity index (χ4n) is 1.63. The second-order valence-electron chi connectivity index (χ2n) is 4.17. The van der Waals surface area contributed by atoms with Gasteiger partial charge in [-0.2, -0.15) is 0 Å². The Balaban J connectivity index is 1.87. The Morgan fingerprint density at radius 1 is 1.58 bits per heavy atom. The minimum absolute atomic E-state index is 0.00274. The average Bonchev–Trinajstić information content (AvgIpc) is 3.01. The molecular formula is C12H16N4O2S. The van der Waals surface area contributed by atoms with E-state index in [2.05, 4.69) is 15.6 Å². The van der Waals surface area contributed by atoms with Gasteiger partial charge in [-0.05, 0) is 26.2 Å². The van der Waals surface area contributed by atoms with E-state index in [1.165, 1.54) is 11.3 Å². The Hall–Kier alpha value is -1.86. The van der Waals surface area contributed by atoms with Gasteiger partial charge in [-0.1, -0.05) is 0 Å². The van der Waals surface area contributed by atoms with Crippen LogP contribution in [-0.2, 0) is 0 Å². The molecule has 102 valence electrons. The number of likely N-dealkylation sites (N-methyl/N-ethyl adjacent to an activating group) is 1. The molecule has 0 aliphatic heterocycles. The maximum atomic E-state index is 11.7. The molecule has 7 heteroatoms. The van der Waals surface area contributed by atoms with Crippen LogP contribution in [0.25, 0.3) is 0 Å². The molecule has 0 aliphatic rings. The highest BCUT2D eigenvalue weighted by atomic mass is 32.1. The summed E-state index contributed by atoms with van der Waals surface area (Å²) in [6, 6.07) is 3.46. The highest BCUT2D eigenvalue weighted by molar-refractivity contribution is 7.13. The van der Waals surface area contributed by atoms with Crippen LogP contribution >= 0.6 is 11.3 Å². The molecule has 0 aliphatic carbocycles. The first-order chi connectivity index (χ1) is 9.16. The van der Waals surface area contributed by atoms with Gasteiger partial charge in [-0.15, -0.1) is 11.3 Å². The van der Waals surface area contributed by atoms with Crippen molar-refractivity contribution >= 4 is 22.5 Å². The third-order valence-electron chi connectivity index (χ3n) is 2.60. The summed E-state index contributed by atoms with van der Waals surface area (Å²) in [5, 5.41) is 7.86. The van der Waals surface area contributed by atoms with Crippen molar-refractivity contribution in [1.82, 2.24) is 15.2 Å². The molecule has 19 heavy (non-hydrogen) atoms. The van der Waals surface area contributed by atoms with Crippen molar-refractivity contribution < 1.29 is 9.21 Å². The lowest BCUT2D eigenvalue weighted by Crippen LogP contribution is -2.36. The molecule has 2 aromatic rings. The summed E-state index contributed by atoms with van der Waals surface area (Å²) in [6.45, 7) is 0.456. The molecule has 2 aromatic heterocycles. The van der Waals surface area contributed by atoms with Gasteiger partial charge in [-0.25, -0.2) is 9.78 Å². The minimum Gasteiger partial charge on any atom is -0.468 e. The number of nitrogens with one attached hydrogen (secondary N) is 2. The predicted octanol–water partition coefficient (Wildman–Crippen LogP) is 2.16. The van der Waals surface area contributed by atoms with Crippen molar-refractivity contribution in [3.05, 3.63) is 35.7 Å². The van der Waals surface area contributed by atoms with Crippen LogP contribution < -0.4 is 10.6 Å². The van der Waals surface area contributed by atoms with E-state index in [9.17, 15) is 4.79 Å². The van der Waals surface area contributed by atoms with Crippen molar-refractivity contribution in [2.75, 3.05) is 26.0 Å². The van der Waals surface area contributed by atoms with E-state index in [1.807, 2.05) is 31.1 Å². The molecule has 0 aromatic carbocycles. The van der Waals surface area contributed by atoms with E-state index in [-0.39, 0.29) is 12.1 Å². The summed E-state index contributed by atoms with van der Waals surface area (Å²) in [6.07, 6.45) is 3.27. The van der Waals surface area contributed by atoms with Crippen molar-refractivity contribution in [1.29, 1.82) is 0 Å². The van der Waals surface area contributed by atoms with E-state index < -0.39 is 0 Å². The lowest BCUT2D eigenvalue weighted by Gasteiger charge is -2.22. The van der Waals surface area contributed by atoms with E-state index >= 15 is 0 Å². The second kappa shape index (κ2) is 6.35. The number of carbonyl (C=O) groups excluding carboxylic acids is 1. The number of aromatic nitrogens is 1. The zero-order valence-electron chi connectivity index (χ0n) is 10.8. The monoisotopic (exact) mass is 280 g/mol. The zero-order chi connectivity index (χ0) is 13.7. The standard InChI is InChI=1S/C12H16N4O2S/c1-16(2)9(10-4-3-6-18-10)8-14-11(17)15-12-13-5-7-19-12/h3-7,9H,8H2,1-2H3,(H2,13,14,15,17). The van der Waals surface area contributed by atoms with Crippen LogP contribution in [0.2, 0.25) is 0 Å². The molecule has 0 radical (unpaired) electrons. The molecule has 0 spiro atoms. The number of rotatable bonds is 5. The summed E-state index contributed by atoms with van der Waals surface area (Å²) in [7, 11) is 3.88. The number of amides is 2. The highest BCUT2D eigenvalue weighted by Gasteiger charge is 2.17. The molecule has 0 bridgehead atoms. The lowest BCUT2D eigenvalue weighted by atomic mass is 10.2. The zero-order valence-corrected chi connectivity index (χ0v) is 11.6. The molecule has 2 N–H and O–H groups in total. The molecule has 0 saturated carbocycles. The topological polar surface area (TPSA) is 70.4 Å². The largest absolute Gasteiger partial charge is 0.468 e. The van der Waals surface area contributed by atoms with Crippen LogP contribution in [0.15, 0.2) is 34.4 Å². The van der Waals surface area contributed by atoms with Gasteiger partial charge in [0.05, 0.1) is 12.3 Å². The van der Waals surface area contributed by atoms with E-state index in [4.69, 9.17) is 4.42 Å². The maximum Gasteiger partial charge on any atom is 0.321 e. The summed E-state index contributed by atoms with van der Waals surface area (Å²) >= 11 is 1.38. The van der Waals surface area contributed by atoms with Gasteiger partial charge in [0.15, 0.2) is 5.13 Å². The first-order valence-electron chi connectivity index (χ1n) is 5.81. The maximum absolute atomic E-state index is 11.7. The molecule has 2 amide bonds. The van der Waals surface area contributed by atoms with E-state index in [1.54, 1.807) is 17.8 Å². The Morgan fingerprint density at radius 2 is 2.42 bits per heavy atom. The molecule has 0 saturated heterocycles. The third-order valence-corrected chi connectivity index (χ3v) is 3.29. The minimum atomic E-state index is -0.270. The number of anilines is 1. The number of furan rings is 1. The van der Waals surface area contributed by atoms with Crippen molar-refractivity contribution in [2.24, 2.45) is 0 Å². The van der Waals surface area contributed by atoms with Crippen LogP contribution in [0.5, 0.6) is 0 Å². The van der Waals surface area contributed by atoms with Crippen LogP contribution in [0.4, 0.5) is 9.93 Å². The van der Waals surface area contributed by atoms with Gasteiger partial charge in [0.2, 0.25) is 0 Å². The molecule has 0 fully saturated rings. The van der Waals surface area contributed by atoms with E-state index in [0.29, 0.717) is 11.7 Å². The second-order valence-corrected chi connectivity index (χ2v) is 5.06. The Kier molecular flexibility index (Phi) is 4.53. The van der Waals surface area contributed by atoms with Crippen LogP contribution in [0, 0.1) is 0 Å². The van der Waals surface area contributed by atoms with Gasteiger partial charge in [0, 0.05) is 18.1 Å². The number of urea groups is 1. The molecule has 1 unspecified atom stereocenters. The molecule has 1 atom stereocenters. The van der Waals surface area contributed by atoms with Crippen molar-refractivity contribution in [3.63, 3.8) is 0 Å². The number of carbonyl (C=O) groups is 1. The van der Waals surface area contributed by atoms with Crippen molar-refractivity contribution in [3.8, 4) is 0 Å². The molecular weight excluding hydrogens is 264 g/mol. The number of thiazole rings is 1. The molecule has 2 rings (SSSR count). The van der Waals surface area contributed by atoms with Gasteiger partial charge < -0.3 is 9.73 Å². The Labute approximate surface area is 115 Å². The Bertz CT molecular complexity index is 496. The van der Waals surface area contributed by atoms with Crippen LogP contribution in [-0.4, -0.2) is 36.6 Å².